The third-order valence-corrected chi connectivity index (χ3v) is 6.58. The van der Waals surface area contributed by atoms with Crippen molar-refractivity contribution in [2.45, 2.75) is 77.8 Å². The smallest absolute Gasteiger partial charge is 0.250 e. The number of ether oxygens (including phenoxy) is 2. The van der Waals surface area contributed by atoms with Crippen LogP contribution in [0.4, 0.5) is 5.69 Å². The number of nitrogens with one attached hydrogen (secondary N) is 1. The molecule has 190 valence electrons. The zero-order valence-corrected chi connectivity index (χ0v) is 21.2. The molecular weight excluding hydrogens is 434 g/mol. The van der Waals surface area contributed by atoms with E-state index in [0.717, 1.165) is 11.1 Å². The highest BCUT2D eigenvalue weighted by atomic mass is 16.5. The van der Waals surface area contributed by atoms with E-state index in [1.54, 1.807) is 27.2 Å². The first-order valence-corrected chi connectivity index (χ1v) is 12.0. The molecule has 1 aromatic rings. The minimum Gasteiger partial charge on any atom is -0.508 e. The van der Waals surface area contributed by atoms with Crippen LogP contribution in [-0.2, 0) is 20.7 Å². The van der Waals surface area contributed by atoms with Crippen LogP contribution in [0.2, 0.25) is 0 Å². The van der Waals surface area contributed by atoms with Gasteiger partial charge >= 0.3 is 0 Å². The van der Waals surface area contributed by atoms with Crippen molar-refractivity contribution in [3.05, 3.63) is 47.1 Å². The summed E-state index contributed by atoms with van der Waals surface area (Å²) < 4.78 is 11.2. The number of hydrogen-bond donors (Lipinski definition) is 4. The molecular formula is C27H41NO6. The summed E-state index contributed by atoms with van der Waals surface area (Å²) >= 11 is 0. The number of benzene rings is 1. The summed E-state index contributed by atoms with van der Waals surface area (Å²) in [5, 5.41) is 34.9. The second-order valence-corrected chi connectivity index (χ2v) is 9.61. The number of aliphatic hydroxyl groups is 2. The number of carbonyl (C=O) groups is 1. The van der Waals surface area contributed by atoms with Crippen LogP contribution in [0.25, 0.3) is 0 Å². The maximum absolute atomic E-state index is 12.7. The first kappa shape index (κ1) is 28.1. The van der Waals surface area contributed by atoms with Gasteiger partial charge in [-0.1, -0.05) is 26.0 Å². The van der Waals surface area contributed by atoms with Gasteiger partial charge in [-0.05, 0) is 68.7 Å². The predicted molar refractivity (Wildman–Crippen MR) is 134 cm³/mol. The minimum absolute atomic E-state index is 0.0852. The third kappa shape index (κ3) is 7.94. The van der Waals surface area contributed by atoms with Crippen LogP contribution in [0.15, 0.2) is 41.5 Å². The fourth-order valence-corrected chi connectivity index (χ4v) is 4.56. The van der Waals surface area contributed by atoms with Crippen molar-refractivity contribution in [2.75, 3.05) is 19.5 Å². The Labute approximate surface area is 203 Å². The summed E-state index contributed by atoms with van der Waals surface area (Å²) in [6.07, 6.45) is 3.62. The largest absolute Gasteiger partial charge is 0.508 e. The van der Waals surface area contributed by atoms with E-state index in [9.17, 15) is 20.1 Å². The van der Waals surface area contributed by atoms with Crippen LogP contribution in [0, 0.1) is 11.8 Å². The number of allylic oxidation sites excluding steroid dienone is 1. The summed E-state index contributed by atoms with van der Waals surface area (Å²) in [7, 11) is 3.15. The number of amides is 1. The summed E-state index contributed by atoms with van der Waals surface area (Å²) in [5.74, 6) is -0.247. The van der Waals surface area contributed by atoms with E-state index in [-0.39, 0.29) is 23.5 Å². The van der Waals surface area contributed by atoms with Crippen LogP contribution in [0.3, 0.4) is 0 Å². The van der Waals surface area contributed by atoms with Gasteiger partial charge in [0.25, 0.3) is 5.91 Å². The highest BCUT2D eigenvalue weighted by Crippen LogP contribution is 2.27. The molecule has 2 rings (SSSR count). The quantitative estimate of drug-likeness (QED) is 0.482. The average molecular weight is 476 g/mol. The van der Waals surface area contributed by atoms with Crippen LogP contribution >= 0.6 is 0 Å². The van der Waals surface area contributed by atoms with Gasteiger partial charge in [0.15, 0.2) is 0 Å². The lowest BCUT2D eigenvalue weighted by atomic mass is 9.88. The van der Waals surface area contributed by atoms with Gasteiger partial charge in [-0.2, -0.15) is 0 Å². The van der Waals surface area contributed by atoms with Gasteiger partial charge in [0.1, 0.15) is 11.9 Å². The molecule has 1 aliphatic rings. The molecule has 7 nitrogen and oxygen atoms in total. The predicted octanol–water partition coefficient (Wildman–Crippen LogP) is 3.97. The highest BCUT2D eigenvalue weighted by molar-refractivity contribution is 6.03. The number of carbonyl (C=O) groups excluding carboxylic acids is 1. The van der Waals surface area contributed by atoms with Crippen molar-refractivity contribution in [1.29, 1.82) is 0 Å². The maximum atomic E-state index is 12.7. The highest BCUT2D eigenvalue weighted by Gasteiger charge is 2.27. The zero-order valence-electron chi connectivity index (χ0n) is 21.2. The van der Waals surface area contributed by atoms with Crippen molar-refractivity contribution in [3.8, 4) is 5.75 Å². The summed E-state index contributed by atoms with van der Waals surface area (Å²) in [4.78, 5) is 12.7. The Morgan fingerprint density at radius 1 is 1.03 bits per heavy atom. The number of hydrogen-bond acceptors (Lipinski definition) is 6. The second kappa shape index (κ2) is 13.0. The van der Waals surface area contributed by atoms with E-state index < -0.39 is 24.4 Å². The Morgan fingerprint density at radius 2 is 1.71 bits per heavy atom. The molecule has 2 bridgehead atoms. The molecule has 1 heterocycles. The first-order chi connectivity index (χ1) is 16.0. The first-order valence-electron chi connectivity index (χ1n) is 12.0. The van der Waals surface area contributed by atoms with Gasteiger partial charge < -0.3 is 30.1 Å². The van der Waals surface area contributed by atoms with Crippen LogP contribution in [-0.4, -0.2) is 59.9 Å². The van der Waals surface area contributed by atoms with E-state index in [0.29, 0.717) is 36.9 Å². The monoisotopic (exact) mass is 475 g/mol. The van der Waals surface area contributed by atoms with Gasteiger partial charge in [0.2, 0.25) is 0 Å². The molecule has 1 unspecified atom stereocenters. The Kier molecular flexibility index (Phi) is 10.8. The van der Waals surface area contributed by atoms with Crippen molar-refractivity contribution in [2.24, 2.45) is 11.8 Å². The fourth-order valence-electron chi connectivity index (χ4n) is 4.56. The number of phenolic OH excluding ortho intramolecular Hbond substituents is 1. The molecule has 0 radical (unpaired) electrons. The van der Waals surface area contributed by atoms with E-state index in [4.69, 9.17) is 9.47 Å². The van der Waals surface area contributed by atoms with Crippen molar-refractivity contribution in [3.63, 3.8) is 0 Å². The molecule has 0 spiro atoms. The molecule has 7 heteroatoms. The number of fused-ring (bicyclic) bond motifs is 2. The standard InChI is InChI=1S/C27H41NO6/c1-16-10-20-13-21(15-22(29)14-20)28-27(32)17(2)8-7-9-23(33-5)25(30)18(3)12-19(4)26(31)24(11-16)34-6/h8,12-16,19,23-26,29-31H,7,9-11H2,1-6H3,(H,28,32)/b17-8+,18-12+/t16-,19?,23+,24+,25+,26-/m1/s1. The average Bonchev–Trinajstić information content (AvgIpc) is 2.78. The molecule has 0 saturated carbocycles. The molecule has 0 aliphatic carbocycles. The molecule has 0 saturated heterocycles. The van der Waals surface area contributed by atoms with E-state index in [2.05, 4.69) is 12.2 Å². The Hall–Kier alpha value is -2.19. The molecule has 0 fully saturated rings. The van der Waals surface area contributed by atoms with Gasteiger partial charge in [-0.3, -0.25) is 4.79 Å². The van der Waals surface area contributed by atoms with Gasteiger partial charge in [-0.15, -0.1) is 0 Å². The molecule has 6 atom stereocenters. The lowest BCUT2D eigenvalue weighted by molar-refractivity contribution is -0.112. The molecule has 1 amide bonds. The van der Waals surface area contributed by atoms with Crippen molar-refractivity contribution in [1.82, 2.24) is 0 Å². The van der Waals surface area contributed by atoms with Gasteiger partial charge in [-0.25, -0.2) is 0 Å². The van der Waals surface area contributed by atoms with Crippen LogP contribution in [0.1, 0.15) is 52.5 Å². The molecule has 4 N–H and O–H groups in total. The van der Waals surface area contributed by atoms with Crippen molar-refractivity contribution >= 4 is 11.6 Å². The van der Waals surface area contributed by atoms with Crippen molar-refractivity contribution < 1.29 is 29.6 Å². The van der Waals surface area contributed by atoms with E-state index in [1.165, 1.54) is 6.07 Å². The normalized spacial score (nSPS) is 33.4. The number of methoxy groups -OCH3 is 2. The maximum Gasteiger partial charge on any atom is 0.250 e. The summed E-state index contributed by atoms with van der Waals surface area (Å²) in [6.45, 7) is 7.55. The minimum atomic E-state index is -0.825. The second-order valence-electron chi connectivity index (χ2n) is 9.61. The van der Waals surface area contributed by atoms with E-state index >= 15 is 0 Å². The van der Waals surface area contributed by atoms with Crippen LogP contribution < -0.4 is 5.32 Å². The molecule has 1 aromatic carbocycles. The number of aliphatic hydroxyl groups excluding tert-OH is 2. The lowest BCUT2D eigenvalue weighted by Crippen LogP contribution is -2.35. The van der Waals surface area contributed by atoms with Gasteiger partial charge in [0.05, 0.1) is 18.3 Å². The Bertz CT molecular complexity index is 880. The van der Waals surface area contributed by atoms with Crippen LogP contribution in [0.5, 0.6) is 5.75 Å². The van der Waals surface area contributed by atoms with E-state index in [1.807, 2.05) is 32.1 Å². The number of anilines is 1. The summed E-state index contributed by atoms with van der Waals surface area (Å²) in [6, 6.07) is 5.08. The SMILES string of the molecule is CO[C@H]1C[C@H](C)Cc2cc(O)cc(c2)NC(=O)/C(C)=C/CC[C@H](OC)[C@@H](O)/C(C)=C/C(C)[C@H]1O. The molecule has 1 aliphatic heterocycles. The number of phenols is 1. The Morgan fingerprint density at radius 3 is 2.35 bits per heavy atom. The topological polar surface area (TPSA) is 108 Å². The third-order valence-electron chi connectivity index (χ3n) is 6.58. The lowest BCUT2D eigenvalue weighted by Gasteiger charge is -2.29. The molecule has 0 aromatic heterocycles. The number of rotatable bonds is 2. The summed E-state index contributed by atoms with van der Waals surface area (Å²) in [5.41, 5.74) is 2.69. The fraction of sp³-hybridized carbons (Fsp3) is 0.593. The molecule has 34 heavy (non-hydrogen) atoms. The zero-order chi connectivity index (χ0) is 25.4. The number of aromatic hydroxyl groups is 1. The Balaban J connectivity index is 2.39. The van der Waals surface area contributed by atoms with Gasteiger partial charge in [0, 0.05) is 37.5 Å².